The van der Waals surface area contributed by atoms with Crippen LogP contribution in [-0.4, -0.2) is 32.2 Å². The Morgan fingerprint density at radius 2 is 1.71 bits per heavy atom. The van der Waals surface area contributed by atoms with Crippen LogP contribution in [0.2, 0.25) is 0 Å². The molecule has 0 aliphatic heterocycles. The van der Waals surface area contributed by atoms with Crippen LogP contribution in [0.3, 0.4) is 0 Å². The van der Waals surface area contributed by atoms with Gasteiger partial charge in [-0.2, -0.15) is 0 Å². The van der Waals surface area contributed by atoms with E-state index in [0.717, 1.165) is 47.6 Å². The highest BCUT2D eigenvalue weighted by atomic mass is 79.9. The summed E-state index contributed by atoms with van der Waals surface area (Å²) in [5.41, 5.74) is 8.10. The number of benzene rings is 2. The standard InChI is InChI=1S/C19H25BrN2O2/c1-23-18-12-17(20)19(24-2)11-16(18)14-22(10-6-9-21)13-15-7-4-3-5-8-15/h3-5,7-8,11-12H,6,9-10,13-14,21H2,1-2H3. The quantitative estimate of drug-likeness (QED) is 0.704. The van der Waals surface area contributed by atoms with Crippen LogP contribution < -0.4 is 15.2 Å². The largest absolute Gasteiger partial charge is 0.496 e. The summed E-state index contributed by atoms with van der Waals surface area (Å²) in [6.45, 7) is 3.28. The molecule has 0 fully saturated rings. The molecule has 0 bridgehead atoms. The van der Waals surface area contributed by atoms with E-state index in [1.165, 1.54) is 5.56 Å². The Labute approximate surface area is 152 Å². The fraction of sp³-hybridized carbons (Fsp3) is 0.368. The van der Waals surface area contributed by atoms with E-state index in [1.54, 1.807) is 14.2 Å². The van der Waals surface area contributed by atoms with Gasteiger partial charge < -0.3 is 15.2 Å². The Bertz CT molecular complexity index is 635. The molecule has 2 rings (SSSR count). The minimum atomic E-state index is 0.687. The molecule has 2 aromatic carbocycles. The number of rotatable bonds is 9. The molecular weight excluding hydrogens is 368 g/mol. The molecule has 0 radical (unpaired) electrons. The van der Waals surface area contributed by atoms with E-state index in [0.29, 0.717) is 6.54 Å². The number of methoxy groups -OCH3 is 2. The van der Waals surface area contributed by atoms with Crippen molar-refractivity contribution in [3.8, 4) is 11.5 Å². The summed E-state index contributed by atoms with van der Waals surface area (Å²) in [5, 5.41) is 0. The Morgan fingerprint density at radius 3 is 2.33 bits per heavy atom. The third-order valence-corrected chi connectivity index (χ3v) is 4.50. The molecule has 0 saturated carbocycles. The smallest absolute Gasteiger partial charge is 0.133 e. The molecule has 24 heavy (non-hydrogen) atoms. The third kappa shape index (κ3) is 5.23. The van der Waals surface area contributed by atoms with Gasteiger partial charge in [-0.3, -0.25) is 4.90 Å². The number of nitrogens with two attached hydrogens (primary N) is 1. The number of hydrogen-bond acceptors (Lipinski definition) is 4. The number of hydrogen-bond donors (Lipinski definition) is 1. The zero-order valence-electron chi connectivity index (χ0n) is 14.3. The molecule has 5 heteroatoms. The van der Waals surface area contributed by atoms with Crippen LogP contribution in [0, 0.1) is 0 Å². The third-order valence-electron chi connectivity index (χ3n) is 3.88. The molecule has 130 valence electrons. The second-order valence-electron chi connectivity index (χ2n) is 5.64. The minimum absolute atomic E-state index is 0.687. The molecule has 2 N–H and O–H groups in total. The average Bonchev–Trinajstić information content (AvgIpc) is 2.61. The first-order valence-electron chi connectivity index (χ1n) is 8.04. The van der Waals surface area contributed by atoms with Gasteiger partial charge in [0.05, 0.1) is 18.7 Å². The lowest BCUT2D eigenvalue weighted by atomic mass is 10.1. The van der Waals surface area contributed by atoms with E-state index in [2.05, 4.69) is 45.1 Å². The molecule has 0 spiro atoms. The first-order valence-corrected chi connectivity index (χ1v) is 8.84. The van der Waals surface area contributed by atoms with Gasteiger partial charge in [-0.15, -0.1) is 0 Å². The van der Waals surface area contributed by atoms with E-state index in [4.69, 9.17) is 15.2 Å². The van der Waals surface area contributed by atoms with E-state index >= 15 is 0 Å². The summed E-state index contributed by atoms with van der Waals surface area (Å²) < 4.78 is 11.9. The van der Waals surface area contributed by atoms with Crippen molar-refractivity contribution in [2.24, 2.45) is 5.73 Å². The summed E-state index contributed by atoms with van der Waals surface area (Å²) in [7, 11) is 3.37. The Kier molecular flexibility index (Phi) is 7.56. The zero-order chi connectivity index (χ0) is 17.4. The van der Waals surface area contributed by atoms with Gasteiger partial charge in [-0.25, -0.2) is 0 Å². The van der Waals surface area contributed by atoms with E-state index in [1.807, 2.05) is 18.2 Å². The van der Waals surface area contributed by atoms with Crippen molar-refractivity contribution in [3.05, 3.63) is 58.1 Å². The lowest BCUT2D eigenvalue weighted by molar-refractivity contribution is 0.250. The number of ether oxygens (including phenoxy) is 2. The lowest BCUT2D eigenvalue weighted by Crippen LogP contribution is -2.26. The molecule has 0 heterocycles. The number of halogens is 1. The highest BCUT2D eigenvalue weighted by Crippen LogP contribution is 2.33. The SMILES string of the molecule is COc1cc(CN(CCCN)Cc2ccccc2)c(OC)cc1Br. The summed E-state index contributed by atoms with van der Waals surface area (Å²) in [6.07, 6.45) is 0.961. The molecule has 2 aromatic rings. The van der Waals surface area contributed by atoms with Gasteiger partial charge >= 0.3 is 0 Å². The molecule has 0 atom stereocenters. The normalized spacial score (nSPS) is 10.9. The average molecular weight is 393 g/mol. The van der Waals surface area contributed by atoms with Gasteiger partial charge in [-0.05, 0) is 46.6 Å². The van der Waals surface area contributed by atoms with Gasteiger partial charge in [0, 0.05) is 25.2 Å². The van der Waals surface area contributed by atoms with Crippen molar-refractivity contribution in [1.82, 2.24) is 4.90 Å². The van der Waals surface area contributed by atoms with Gasteiger partial charge in [0.25, 0.3) is 0 Å². The monoisotopic (exact) mass is 392 g/mol. The summed E-state index contributed by atoms with van der Waals surface area (Å²) in [6, 6.07) is 14.5. The van der Waals surface area contributed by atoms with Crippen LogP contribution in [-0.2, 0) is 13.1 Å². The lowest BCUT2D eigenvalue weighted by Gasteiger charge is -2.24. The van der Waals surface area contributed by atoms with Crippen LogP contribution in [0.25, 0.3) is 0 Å². The maximum atomic E-state index is 5.71. The zero-order valence-corrected chi connectivity index (χ0v) is 15.9. The van der Waals surface area contributed by atoms with Crippen LogP contribution in [0.4, 0.5) is 0 Å². The van der Waals surface area contributed by atoms with Crippen molar-refractivity contribution < 1.29 is 9.47 Å². The second kappa shape index (κ2) is 9.67. The first-order chi connectivity index (χ1) is 11.7. The van der Waals surface area contributed by atoms with Gasteiger partial charge in [0.2, 0.25) is 0 Å². The van der Waals surface area contributed by atoms with Crippen LogP contribution in [0.1, 0.15) is 17.5 Å². The van der Waals surface area contributed by atoms with E-state index in [-0.39, 0.29) is 0 Å². The van der Waals surface area contributed by atoms with Crippen molar-refractivity contribution in [2.45, 2.75) is 19.5 Å². The molecule has 0 aliphatic carbocycles. The molecule has 0 amide bonds. The van der Waals surface area contributed by atoms with Crippen LogP contribution >= 0.6 is 15.9 Å². The second-order valence-corrected chi connectivity index (χ2v) is 6.49. The van der Waals surface area contributed by atoms with Gasteiger partial charge in [0.1, 0.15) is 11.5 Å². The fourth-order valence-corrected chi connectivity index (χ4v) is 3.14. The maximum absolute atomic E-state index is 5.71. The van der Waals surface area contributed by atoms with Crippen molar-refractivity contribution in [2.75, 3.05) is 27.3 Å². The minimum Gasteiger partial charge on any atom is -0.496 e. The Morgan fingerprint density at radius 1 is 1.00 bits per heavy atom. The predicted molar refractivity (Wildman–Crippen MR) is 101 cm³/mol. The first kappa shape index (κ1) is 18.8. The Hall–Kier alpha value is -1.56. The summed E-state index contributed by atoms with van der Waals surface area (Å²) >= 11 is 3.51. The van der Waals surface area contributed by atoms with Crippen molar-refractivity contribution in [3.63, 3.8) is 0 Å². The Balaban J connectivity index is 2.21. The van der Waals surface area contributed by atoms with Gasteiger partial charge in [0.15, 0.2) is 0 Å². The van der Waals surface area contributed by atoms with Crippen LogP contribution in [0.5, 0.6) is 11.5 Å². The maximum Gasteiger partial charge on any atom is 0.133 e. The highest BCUT2D eigenvalue weighted by molar-refractivity contribution is 9.10. The molecule has 0 unspecified atom stereocenters. The molecular formula is C19H25BrN2O2. The topological polar surface area (TPSA) is 47.7 Å². The highest BCUT2D eigenvalue weighted by Gasteiger charge is 2.14. The van der Waals surface area contributed by atoms with E-state index < -0.39 is 0 Å². The van der Waals surface area contributed by atoms with Gasteiger partial charge in [-0.1, -0.05) is 30.3 Å². The molecule has 0 saturated heterocycles. The summed E-state index contributed by atoms with van der Waals surface area (Å²) in [5.74, 6) is 1.66. The van der Waals surface area contributed by atoms with Crippen molar-refractivity contribution >= 4 is 15.9 Å². The van der Waals surface area contributed by atoms with Crippen molar-refractivity contribution in [1.29, 1.82) is 0 Å². The predicted octanol–water partition coefficient (Wildman–Crippen LogP) is 3.82. The molecule has 4 nitrogen and oxygen atoms in total. The van der Waals surface area contributed by atoms with E-state index in [9.17, 15) is 0 Å². The van der Waals surface area contributed by atoms with Crippen LogP contribution in [0.15, 0.2) is 46.9 Å². The molecule has 0 aromatic heterocycles. The fourth-order valence-electron chi connectivity index (χ4n) is 2.66. The molecule has 0 aliphatic rings. The number of nitrogens with zero attached hydrogens (tertiary/aromatic N) is 1. The summed E-state index contributed by atoms with van der Waals surface area (Å²) in [4.78, 5) is 2.38.